The molecule has 0 aliphatic carbocycles. The maximum atomic E-state index is 12.1. The summed E-state index contributed by atoms with van der Waals surface area (Å²) in [5.41, 5.74) is 0.531. The van der Waals surface area contributed by atoms with E-state index in [0.717, 1.165) is 0 Å². The van der Waals surface area contributed by atoms with Crippen LogP contribution in [-0.2, 0) is 14.8 Å². The average molecular weight is 355 g/mol. The van der Waals surface area contributed by atoms with Crippen LogP contribution in [0.25, 0.3) is 0 Å². The summed E-state index contributed by atoms with van der Waals surface area (Å²) < 4.78 is 31.4. The van der Waals surface area contributed by atoms with Gasteiger partial charge in [-0.2, -0.15) is 0 Å². The van der Waals surface area contributed by atoms with Crippen molar-refractivity contribution in [1.82, 2.24) is 4.72 Å². The van der Waals surface area contributed by atoms with Crippen LogP contribution in [0, 0.1) is 0 Å². The fourth-order valence-electron chi connectivity index (χ4n) is 1.74. The van der Waals surface area contributed by atoms with Crippen LogP contribution in [0.3, 0.4) is 0 Å². The van der Waals surface area contributed by atoms with Crippen molar-refractivity contribution in [3.8, 4) is 5.75 Å². The summed E-state index contributed by atoms with van der Waals surface area (Å²) in [5.74, 6) is 0.0637. The summed E-state index contributed by atoms with van der Waals surface area (Å²) in [6.07, 6.45) is 0. The van der Waals surface area contributed by atoms with E-state index in [1.165, 1.54) is 31.4 Å². The first-order valence-electron chi connectivity index (χ1n) is 6.60. The molecule has 2 rings (SSSR count). The molecule has 0 aliphatic rings. The standard InChI is InChI=1S/C15H15ClN2O4S/c1-22-13-6-8-14(9-7-13)23(20,21)17-10-15(19)18-12-4-2-11(16)3-5-12/h2-9,17H,10H2,1H3,(H,18,19). The number of sulfonamides is 1. The van der Waals surface area contributed by atoms with Gasteiger partial charge in [-0.1, -0.05) is 11.6 Å². The number of amides is 1. The topological polar surface area (TPSA) is 84.5 Å². The molecule has 0 bridgehead atoms. The van der Waals surface area contributed by atoms with Gasteiger partial charge in [0.15, 0.2) is 0 Å². The lowest BCUT2D eigenvalue weighted by Crippen LogP contribution is -2.32. The van der Waals surface area contributed by atoms with Crippen LogP contribution in [0.15, 0.2) is 53.4 Å². The van der Waals surface area contributed by atoms with Gasteiger partial charge in [-0.25, -0.2) is 13.1 Å². The maximum absolute atomic E-state index is 12.1. The molecule has 0 saturated heterocycles. The molecule has 0 aliphatic heterocycles. The summed E-state index contributed by atoms with van der Waals surface area (Å²) in [7, 11) is -2.28. The molecule has 8 heteroatoms. The number of halogens is 1. The van der Waals surface area contributed by atoms with E-state index in [9.17, 15) is 13.2 Å². The number of carbonyl (C=O) groups is 1. The second-order valence-corrected chi connectivity index (χ2v) is 6.76. The molecule has 0 atom stereocenters. The highest BCUT2D eigenvalue weighted by Crippen LogP contribution is 2.15. The lowest BCUT2D eigenvalue weighted by molar-refractivity contribution is -0.115. The Balaban J connectivity index is 1.95. The van der Waals surface area contributed by atoms with Crippen molar-refractivity contribution < 1.29 is 17.9 Å². The van der Waals surface area contributed by atoms with Crippen LogP contribution >= 0.6 is 11.6 Å². The number of ether oxygens (including phenoxy) is 1. The molecule has 0 unspecified atom stereocenters. The van der Waals surface area contributed by atoms with Gasteiger partial charge in [0.25, 0.3) is 0 Å². The molecule has 0 aromatic heterocycles. The molecule has 2 N–H and O–H groups in total. The third-order valence-corrected chi connectivity index (χ3v) is 4.59. The minimum atomic E-state index is -3.77. The summed E-state index contributed by atoms with van der Waals surface area (Å²) in [5, 5.41) is 3.11. The summed E-state index contributed by atoms with van der Waals surface area (Å²) in [4.78, 5) is 11.8. The van der Waals surface area contributed by atoms with E-state index in [4.69, 9.17) is 16.3 Å². The van der Waals surface area contributed by atoms with E-state index in [1.54, 1.807) is 24.3 Å². The lowest BCUT2D eigenvalue weighted by atomic mass is 10.3. The monoisotopic (exact) mass is 354 g/mol. The molecule has 122 valence electrons. The van der Waals surface area contributed by atoms with Crippen LogP contribution in [0.1, 0.15) is 0 Å². The van der Waals surface area contributed by atoms with E-state index in [1.807, 2.05) is 0 Å². The van der Waals surface area contributed by atoms with Crippen molar-refractivity contribution in [3.05, 3.63) is 53.6 Å². The molecular formula is C15H15ClN2O4S. The molecule has 0 fully saturated rings. The van der Waals surface area contributed by atoms with Gasteiger partial charge in [0, 0.05) is 10.7 Å². The van der Waals surface area contributed by atoms with Crippen molar-refractivity contribution in [2.45, 2.75) is 4.90 Å². The van der Waals surface area contributed by atoms with Crippen molar-refractivity contribution in [3.63, 3.8) is 0 Å². The first-order chi connectivity index (χ1) is 10.9. The van der Waals surface area contributed by atoms with E-state index >= 15 is 0 Å². The third-order valence-electron chi connectivity index (χ3n) is 2.92. The number of benzene rings is 2. The second-order valence-electron chi connectivity index (χ2n) is 4.56. The van der Waals surface area contributed by atoms with Gasteiger partial charge in [-0.05, 0) is 48.5 Å². The number of nitrogens with one attached hydrogen (secondary N) is 2. The SMILES string of the molecule is COc1ccc(S(=O)(=O)NCC(=O)Nc2ccc(Cl)cc2)cc1. The molecule has 6 nitrogen and oxygen atoms in total. The third kappa shape index (κ3) is 4.95. The zero-order valence-corrected chi connectivity index (χ0v) is 13.8. The first-order valence-corrected chi connectivity index (χ1v) is 8.46. The molecule has 2 aromatic carbocycles. The molecule has 0 spiro atoms. The van der Waals surface area contributed by atoms with Crippen molar-refractivity contribution in [1.29, 1.82) is 0 Å². The Labute approximate surface area is 139 Å². The predicted octanol–water partition coefficient (Wildman–Crippen LogP) is 2.27. The Hall–Kier alpha value is -2.09. The van der Waals surface area contributed by atoms with E-state index < -0.39 is 15.9 Å². The number of hydrogen-bond donors (Lipinski definition) is 2. The predicted molar refractivity (Wildman–Crippen MR) is 88.3 cm³/mol. The second kappa shape index (κ2) is 7.45. The largest absolute Gasteiger partial charge is 0.497 e. The van der Waals surface area contributed by atoms with Gasteiger partial charge >= 0.3 is 0 Å². The molecule has 23 heavy (non-hydrogen) atoms. The Kier molecular flexibility index (Phi) is 5.59. The quantitative estimate of drug-likeness (QED) is 0.833. The molecule has 2 aromatic rings. The molecule has 0 heterocycles. The van der Waals surface area contributed by atoms with Crippen LogP contribution in [0.4, 0.5) is 5.69 Å². The lowest BCUT2D eigenvalue weighted by Gasteiger charge is -2.08. The van der Waals surface area contributed by atoms with Gasteiger partial charge in [0.1, 0.15) is 5.75 Å². The average Bonchev–Trinajstić information content (AvgIpc) is 2.55. The normalized spacial score (nSPS) is 11.0. The molecule has 1 amide bonds. The van der Waals surface area contributed by atoms with Crippen LogP contribution < -0.4 is 14.8 Å². The van der Waals surface area contributed by atoms with Crippen LogP contribution in [0.5, 0.6) is 5.75 Å². The van der Waals surface area contributed by atoms with Gasteiger partial charge < -0.3 is 10.1 Å². The van der Waals surface area contributed by atoms with E-state index in [0.29, 0.717) is 16.5 Å². The van der Waals surface area contributed by atoms with Crippen LogP contribution in [-0.4, -0.2) is 28.0 Å². The van der Waals surface area contributed by atoms with Crippen molar-refractivity contribution >= 4 is 33.2 Å². The molecular weight excluding hydrogens is 340 g/mol. The first kappa shape index (κ1) is 17.3. The smallest absolute Gasteiger partial charge is 0.241 e. The Bertz CT molecular complexity index is 774. The summed E-state index contributed by atoms with van der Waals surface area (Å²) >= 11 is 5.75. The maximum Gasteiger partial charge on any atom is 0.241 e. The zero-order chi connectivity index (χ0) is 16.9. The minimum Gasteiger partial charge on any atom is -0.497 e. The van der Waals surface area contributed by atoms with Crippen molar-refractivity contribution in [2.24, 2.45) is 0 Å². The van der Waals surface area contributed by atoms with Gasteiger partial charge in [-0.3, -0.25) is 4.79 Å². The van der Waals surface area contributed by atoms with Gasteiger partial charge in [-0.15, -0.1) is 0 Å². The molecule has 0 saturated carbocycles. The van der Waals surface area contributed by atoms with Gasteiger partial charge in [0.2, 0.25) is 15.9 Å². The Morgan fingerprint density at radius 3 is 2.26 bits per heavy atom. The Morgan fingerprint density at radius 1 is 1.09 bits per heavy atom. The Morgan fingerprint density at radius 2 is 1.70 bits per heavy atom. The number of methoxy groups -OCH3 is 1. The van der Waals surface area contributed by atoms with Crippen molar-refractivity contribution in [2.75, 3.05) is 19.0 Å². The van der Waals surface area contributed by atoms with Crippen LogP contribution in [0.2, 0.25) is 5.02 Å². The highest BCUT2D eigenvalue weighted by molar-refractivity contribution is 7.89. The highest BCUT2D eigenvalue weighted by Gasteiger charge is 2.15. The number of carbonyl (C=O) groups excluding carboxylic acids is 1. The molecule has 0 radical (unpaired) electrons. The number of rotatable bonds is 6. The fraction of sp³-hybridized carbons (Fsp3) is 0.133. The summed E-state index contributed by atoms with van der Waals surface area (Å²) in [6, 6.07) is 12.4. The van der Waals surface area contributed by atoms with Gasteiger partial charge in [0.05, 0.1) is 18.6 Å². The minimum absolute atomic E-state index is 0.0533. The fourth-order valence-corrected chi connectivity index (χ4v) is 2.85. The summed E-state index contributed by atoms with van der Waals surface area (Å²) in [6.45, 7) is -0.378. The number of anilines is 1. The highest BCUT2D eigenvalue weighted by atomic mass is 35.5. The van der Waals surface area contributed by atoms with E-state index in [2.05, 4.69) is 10.0 Å². The number of hydrogen-bond acceptors (Lipinski definition) is 4. The van der Waals surface area contributed by atoms with E-state index in [-0.39, 0.29) is 11.4 Å². The zero-order valence-electron chi connectivity index (χ0n) is 12.2.